The number of anilines is 2. The lowest BCUT2D eigenvalue weighted by Crippen LogP contribution is -2.14. The van der Waals surface area contributed by atoms with Gasteiger partial charge in [0.1, 0.15) is 10.7 Å². The third-order valence-corrected chi connectivity index (χ3v) is 2.57. The third-order valence-electron chi connectivity index (χ3n) is 2.36. The van der Waals surface area contributed by atoms with Gasteiger partial charge in [-0.1, -0.05) is 12.2 Å². The minimum absolute atomic E-state index is 0.256. The second kappa shape index (κ2) is 5.05. The molecule has 92 valence electrons. The molecule has 2 aromatic heterocycles. The summed E-state index contributed by atoms with van der Waals surface area (Å²) in [6.45, 7) is 3.78. The van der Waals surface area contributed by atoms with E-state index in [2.05, 4.69) is 20.3 Å². The molecule has 18 heavy (non-hydrogen) atoms. The molecule has 0 saturated carbocycles. The maximum atomic E-state index is 5.58. The van der Waals surface area contributed by atoms with E-state index in [-0.39, 0.29) is 4.99 Å². The summed E-state index contributed by atoms with van der Waals surface area (Å²) >= 11 is 4.92. The molecule has 0 aliphatic heterocycles. The van der Waals surface area contributed by atoms with Gasteiger partial charge in [0.15, 0.2) is 0 Å². The summed E-state index contributed by atoms with van der Waals surface area (Å²) in [5.41, 5.74) is 8.67. The van der Waals surface area contributed by atoms with Gasteiger partial charge >= 0.3 is 0 Å². The van der Waals surface area contributed by atoms with Crippen LogP contribution in [0.1, 0.15) is 17.1 Å². The lowest BCUT2D eigenvalue weighted by molar-refractivity contribution is 1.09. The van der Waals surface area contributed by atoms with Gasteiger partial charge in [-0.2, -0.15) is 0 Å². The standard InChI is InChI=1S/C12H13N5S/c1-7-6-10(11(13)18)17-12(15-7)16-9-4-3-5-14-8(9)2/h3-6H,1-2H3,(H2,13,18)(H,15,16,17). The molecule has 0 aliphatic rings. The number of aromatic nitrogens is 3. The number of nitrogens with zero attached hydrogens (tertiary/aromatic N) is 3. The Hall–Kier alpha value is -2.08. The summed E-state index contributed by atoms with van der Waals surface area (Å²) in [5, 5.41) is 3.11. The zero-order chi connectivity index (χ0) is 13.1. The molecule has 0 amide bonds. The molecule has 0 bridgehead atoms. The average molecular weight is 259 g/mol. The number of nitrogens with two attached hydrogens (primary N) is 1. The fourth-order valence-corrected chi connectivity index (χ4v) is 1.59. The van der Waals surface area contributed by atoms with Crippen LogP contribution < -0.4 is 11.1 Å². The highest BCUT2D eigenvalue weighted by Gasteiger charge is 2.06. The molecule has 0 aromatic carbocycles. The summed E-state index contributed by atoms with van der Waals surface area (Å²) in [5.74, 6) is 0.467. The molecule has 2 heterocycles. The Labute approximate surface area is 110 Å². The van der Waals surface area contributed by atoms with Crippen LogP contribution in [0.3, 0.4) is 0 Å². The number of aryl methyl sites for hydroxylation is 2. The molecule has 0 unspecified atom stereocenters. The molecular formula is C12H13N5S. The Kier molecular flexibility index (Phi) is 3.47. The molecule has 6 heteroatoms. The van der Waals surface area contributed by atoms with Gasteiger partial charge < -0.3 is 11.1 Å². The van der Waals surface area contributed by atoms with E-state index >= 15 is 0 Å². The van der Waals surface area contributed by atoms with Crippen LogP contribution in [0.2, 0.25) is 0 Å². The highest BCUT2D eigenvalue weighted by Crippen LogP contribution is 2.16. The van der Waals surface area contributed by atoms with Gasteiger partial charge in [0.25, 0.3) is 0 Å². The van der Waals surface area contributed by atoms with Gasteiger partial charge in [-0.25, -0.2) is 9.97 Å². The van der Waals surface area contributed by atoms with Crippen LogP contribution >= 0.6 is 12.2 Å². The maximum Gasteiger partial charge on any atom is 0.228 e. The molecular weight excluding hydrogens is 246 g/mol. The van der Waals surface area contributed by atoms with Crippen LogP contribution in [0.5, 0.6) is 0 Å². The van der Waals surface area contributed by atoms with Crippen LogP contribution in [0.4, 0.5) is 11.6 Å². The van der Waals surface area contributed by atoms with Crippen molar-refractivity contribution in [1.82, 2.24) is 15.0 Å². The fourth-order valence-electron chi connectivity index (χ4n) is 1.49. The normalized spacial score (nSPS) is 10.1. The monoisotopic (exact) mass is 259 g/mol. The van der Waals surface area contributed by atoms with E-state index in [1.807, 2.05) is 26.0 Å². The largest absolute Gasteiger partial charge is 0.388 e. The summed E-state index contributed by atoms with van der Waals surface area (Å²) in [6.07, 6.45) is 1.73. The molecule has 3 N–H and O–H groups in total. The molecule has 0 aliphatic carbocycles. The van der Waals surface area contributed by atoms with Gasteiger partial charge in [-0.05, 0) is 32.0 Å². The highest BCUT2D eigenvalue weighted by atomic mass is 32.1. The number of pyridine rings is 1. The average Bonchev–Trinajstić information content (AvgIpc) is 2.31. The summed E-state index contributed by atoms with van der Waals surface area (Å²) in [7, 11) is 0. The van der Waals surface area contributed by atoms with Crippen molar-refractivity contribution >= 4 is 28.8 Å². The van der Waals surface area contributed by atoms with Crippen LogP contribution in [0.25, 0.3) is 0 Å². The molecule has 0 fully saturated rings. The first kappa shape index (κ1) is 12.4. The van der Waals surface area contributed by atoms with Gasteiger partial charge in [0.2, 0.25) is 5.95 Å². The van der Waals surface area contributed by atoms with Crippen molar-refractivity contribution < 1.29 is 0 Å². The first-order valence-corrected chi connectivity index (χ1v) is 5.81. The van der Waals surface area contributed by atoms with E-state index in [4.69, 9.17) is 18.0 Å². The number of nitrogens with one attached hydrogen (secondary N) is 1. The maximum absolute atomic E-state index is 5.58. The SMILES string of the molecule is Cc1cc(C(N)=S)nc(Nc2cccnc2C)n1. The molecule has 0 saturated heterocycles. The highest BCUT2D eigenvalue weighted by molar-refractivity contribution is 7.80. The van der Waals surface area contributed by atoms with Crippen LogP contribution in [-0.2, 0) is 0 Å². The van der Waals surface area contributed by atoms with Crippen LogP contribution in [0.15, 0.2) is 24.4 Å². The Bertz CT molecular complexity index is 597. The van der Waals surface area contributed by atoms with E-state index in [0.29, 0.717) is 11.6 Å². The van der Waals surface area contributed by atoms with Crippen molar-refractivity contribution in [3.05, 3.63) is 41.5 Å². The van der Waals surface area contributed by atoms with Crippen molar-refractivity contribution in [3.8, 4) is 0 Å². The third kappa shape index (κ3) is 2.78. The van der Waals surface area contributed by atoms with Gasteiger partial charge in [0.05, 0.1) is 11.4 Å². The van der Waals surface area contributed by atoms with E-state index in [9.17, 15) is 0 Å². The lowest BCUT2D eigenvalue weighted by atomic mass is 10.3. The van der Waals surface area contributed by atoms with E-state index in [0.717, 1.165) is 17.1 Å². The smallest absolute Gasteiger partial charge is 0.228 e. The molecule has 0 radical (unpaired) electrons. The number of rotatable bonds is 3. The van der Waals surface area contributed by atoms with Gasteiger partial charge in [-0.15, -0.1) is 0 Å². The number of hydrogen-bond donors (Lipinski definition) is 2. The van der Waals surface area contributed by atoms with Crippen LogP contribution in [-0.4, -0.2) is 19.9 Å². The van der Waals surface area contributed by atoms with Crippen LogP contribution in [0, 0.1) is 13.8 Å². The summed E-state index contributed by atoms with van der Waals surface area (Å²) in [6, 6.07) is 5.51. The zero-order valence-corrected chi connectivity index (χ0v) is 11.0. The lowest BCUT2D eigenvalue weighted by Gasteiger charge is -2.08. The quantitative estimate of drug-likeness (QED) is 0.819. The molecule has 5 nitrogen and oxygen atoms in total. The first-order valence-electron chi connectivity index (χ1n) is 5.40. The van der Waals surface area contributed by atoms with E-state index in [1.165, 1.54) is 0 Å². The summed E-state index contributed by atoms with van der Waals surface area (Å²) in [4.78, 5) is 13.0. The minimum Gasteiger partial charge on any atom is -0.388 e. The van der Waals surface area contributed by atoms with Crippen molar-refractivity contribution in [2.75, 3.05) is 5.32 Å². The molecule has 0 spiro atoms. The van der Waals surface area contributed by atoms with E-state index in [1.54, 1.807) is 12.3 Å². The molecule has 0 atom stereocenters. The Morgan fingerprint density at radius 3 is 2.78 bits per heavy atom. The van der Waals surface area contributed by atoms with Crippen molar-refractivity contribution in [2.45, 2.75) is 13.8 Å². The second-order valence-corrected chi connectivity index (χ2v) is 4.28. The number of hydrogen-bond acceptors (Lipinski definition) is 5. The Morgan fingerprint density at radius 2 is 2.11 bits per heavy atom. The second-order valence-electron chi connectivity index (χ2n) is 3.84. The Morgan fingerprint density at radius 1 is 1.33 bits per heavy atom. The number of thiocarbonyl (C=S) groups is 1. The van der Waals surface area contributed by atoms with E-state index < -0.39 is 0 Å². The summed E-state index contributed by atoms with van der Waals surface area (Å²) < 4.78 is 0. The van der Waals surface area contributed by atoms with Crippen molar-refractivity contribution in [2.24, 2.45) is 5.73 Å². The fraction of sp³-hybridized carbons (Fsp3) is 0.167. The van der Waals surface area contributed by atoms with Gasteiger partial charge in [0, 0.05) is 11.9 Å². The van der Waals surface area contributed by atoms with Gasteiger partial charge in [-0.3, -0.25) is 4.98 Å². The predicted molar refractivity (Wildman–Crippen MR) is 74.9 cm³/mol. The van der Waals surface area contributed by atoms with Crippen molar-refractivity contribution in [1.29, 1.82) is 0 Å². The first-order chi connectivity index (χ1) is 8.56. The van der Waals surface area contributed by atoms with Crippen molar-refractivity contribution in [3.63, 3.8) is 0 Å². The molecule has 2 aromatic rings. The predicted octanol–water partition coefficient (Wildman–Crippen LogP) is 1.87. The topological polar surface area (TPSA) is 76.7 Å². The Balaban J connectivity index is 2.35. The zero-order valence-electron chi connectivity index (χ0n) is 10.1. The minimum atomic E-state index is 0.256. The molecule has 2 rings (SSSR count).